The number of sulfonamides is 1. The summed E-state index contributed by atoms with van der Waals surface area (Å²) in [5.41, 5.74) is 0. The summed E-state index contributed by atoms with van der Waals surface area (Å²) in [5, 5.41) is 0.172. The molecule has 0 radical (unpaired) electrons. The Balaban J connectivity index is 2.23. The monoisotopic (exact) mass is 306 g/mol. The van der Waals surface area contributed by atoms with Crippen LogP contribution in [0.5, 0.6) is 0 Å². The van der Waals surface area contributed by atoms with E-state index in [2.05, 4.69) is 4.72 Å². The van der Waals surface area contributed by atoms with Crippen LogP contribution < -0.4 is 4.72 Å². The largest absolute Gasteiger partial charge is 0.304 e. The standard InChI is InChI=1S/C12H16ClFN2O2S/c1-8-6-16(2)7-11(8)15-19(17,18)12-4-3-9(13)5-10(12)14/h3-5,8,11,15H,6-7H2,1-2H3. The molecule has 0 bridgehead atoms. The maximum absolute atomic E-state index is 13.7. The number of halogens is 2. The molecular weight excluding hydrogens is 291 g/mol. The molecule has 1 heterocycles. The molecule has 2 atom stereocenters. The van der Waals surface area contributed by atoms with Crippen molar-refractivity contribution in [1.82, 2.24) is 9.62 Å². The summed E-state index contributed by atoms with van der Waals surface area (Å²) in [6.07, 6.45) is 0. The molecule has 2 unspecified atom stereocenters. The van der Waals surface area contributed by atoms with Crippen molar-refractivity contribution < 1.29 is 12.8 Å². The maximum atomic E-state index is 13.7. The van der Waals surface area contributed by atoms with Crippen LogP contribution in [0.25, 0.3) is 0 Å². The quantitative estimate of drug-likeness (QED) is 0.925. The SMILES string of the molecule is CC1CN(C)CC1NS(=O)(=O)c1ccc(Cl)cc1F. The minimum atomic E-state index is -3.86. The molecule has 1 aliphatic heterocycles. The van der Waals surface area contributed by atoms with E-state index in [1.54, 1.807) is 0 Å². The number of likely N-dealkylation sites (N-methyl/N-ethyl adjacent to an activating group) is 1. The average molecular weight is 307 g/mol. The number of benzene rings is 1. The van der Waals surface area contributed by atoms with E-state index in [1.165, 1.54) is 12.1 Å². The number of hydrogen-bond acceptors (Lipinski definition) is 3. The molecule has 2 rings (SSSR count). The molecule has 106 valence electrons. The zero-order valence-electron chi connectivity index (χ0n) is 10.7. The van der Waals surface area contributed by atoms with Gasteiger partial charge in [0.15, 0.2) is 0 Å². The number of likely N-dealkylation sites (tertiary alicyclic amines) is 1. The van der Waals surface area contributed by atoms with Crippen molar-refractivity contribution in [2.75, 3.05) is 20.1 Å². The van der Waals surface area contributed by atoms with Gasteiger partial charge in [-0.3, -0.25) is 0 Å². The van der Waals surface area contributed by atoms with E-state index in [-0.39, 0.29) is 21.9 Å². The van der Waals surface area contributed by atoms with Gasteiger partial charge in [0.1, 0.15) is 10.7 Å². The van der Waals surface area contributed by atoms with Crippen LogP contribution in [-0.2, 0) is 10.0 Å². The van der Waals surface area contributed by atoms with Crippen LogP contribution in [-0.4, -0.2) is 39.5 Å². The second-order valence-electron chi connectivity index (χ2n) is 5.00. The Hall–Kier alpha value is -0.690. The van der Waals surface area contributed by atoms with Crippen molar-refractivity contribution >= 4 is 21.6 Å². The Labute approximate surface area is 117 Å². The first kappa shape index (κ1) is 14.7. The second-order valence-corrected chi connectivity index (χ2v) is 7.12. The van der Waals surface area contributed by atoms with Crippen molar-refractivity contribution in [1.29, 1.82) is 0 Å². The smallest absolute Gasteiger partial charge is 0.243 e. The van der Waals surface area contributed by atoms with E-state index in [1.807, 2.05) is 18.9 Å². The highest BCUT2D eigenvalue weighted by Crippen LogP contribution is 2.21. The van der Waals surface area contributed by atoms with Crippen molar-refractivity contribution in [2.45, 2.75) is 17.9 Å². The van der Waals surface area contributed by atoms with Crippen molar-refractivity contribution in [3.63, 3.8) is 0 Å². The molecule has 0 spiro atoms. The van der Waals surface area contributed by atoms with Gasteiger partial charge in [0.2, 0.25) is 10.0 Å². The van der Waals surface area contributed by atoms with E-state index >= 15 is 0 Å². The summed E-state index contributed by atoms with van der Waals surface area (Å²) in [6.45, 7) is 3.40. The molecule has 1 aromatic rings. The maximum Gasteiger partial charge on any atom is 0.243 e. The highest BCUT2D eigenvalue weighted by Gasteiger charge is 2.32. The fraction of sp³-hybridized carbons (Fsp3) is 0.500. The lowest BCUT2D eigenvalue weighted by Crippen LogP contribution is -2.39. The van der Waals surface area contributed by atoms with Gasteiger partial charge in [-0.15, -0.1) is 0 Å². The van der Waals surface area contributed by atoms with Gasteiger partial charge in [-0.1, -0.05) is 18.5 Å². The van der Waals surface area contributed by atoms with Crippen LogP contribution >= 0.6 is 11.6 Å². The summed E-state index contributed by atoms with van der Waals surface area (Å²) in [4.78, 5) is 1.68. The van der Waals surface area contributed by atoms with Crippen LogP contribution in [0.3, 0.4) is 0 Å². The highest BCUT2D eigenvalue weighted by molar-refractivity contribution is 7.89. The van der Waals surface area contributed by atoms with Gasteiger partial charge in [0.05, 0.1) is 0 Å². The molecule has 4 nitrogen and oxygen atoms in total. The number of nitrogens with one attached hydrogen (secondary N) is 1. The third-order valence-corrected chi connectivity index (χ3v) is 5.04. The van der Waals surface area contributed by atoms with Crippen molar-refractivity contribution in [2.24, 2.45) is 5.92 Å². The van der Waals surface area contributed by atoms with Gasteiger partial charge in [-0.2, -0.15) is 0 Å². The van der Waals surface area contributed by atoms with Crippen LogP contribution in [0.1, 0.15) is 6.92 Å². The average Bonchev–Trinajstić information content (AvgIpc) is 2.55. The first-order chi connectivity index (χ1) is 8.79. The van der Waals surface area contributed by atoms with Gasteiger partial charge >= 0.3 is 0 Å². The Morgan fingerprint density at radius 2 is 2.11 bits per heavy atom. The van der Waals surface area contributed by atoms with Gasteiger partial charge in [-0.05, 0) is 31.2 Å². The molecule has 1 aromatic carbocycles. The fourth-order valence-electron chi connectivity index (χ4n) is 2.32. The Kier molecular flexibility index (Phi) is 4.15. The Bertz CT molecular complexity index is 579. The minimum Gasteiger partial charge on any atom is -0.304 e. The van der Waals surface area contributed by atoms with Gasteiger partial charge in [-0.25, -0.2) is 17.5 Å². The molecule has 19 heavy (non-hydrogen) atoms. The van der Waals surface area contributed by atoms with Crippen LogP contribution in [0, 0.1) is 11.7 Å². The summed E-state index contributed by atoms with van der Waals surface area (Å²) < 4.78 is 40.6. The summed E-state index contributed by atoms with van der Waals surface area (Å²) in [6, 6.07) is 3.35. The van der Waals surface area contributed by atoms with E-state index in [0.717, 1.165) is 12.6 Å². The lowest BCUT2D eigenvalue weighted by Gasteiger charge is -2.17. The predicted octanol–water partition coefficient (Wildman–Crippen LogP) is 1.71. The number of nitrogens with zero attached hydrogens (tertiary/aromatic N) is 1. The molecule has 0 aliphatic carbocycles. The Morgan fingerprint density at radius 1 is 1.42 bits per heavy atom. The third-order valence-electron chi connectivity index (χ3n) is 3.28. The zero-order chi connectivity index (χ0) is 14.2. The minimum absolute atomic E-state index is 0.172. The lowest BCUT2D eigenvalue weighted by molar-refractivity contribution is 0.400. The predicted molar refractivity (Wildman–Crippen MR) is 72.2 cm³/mol. The van der Waals surface area contributed by atoms with Gasteiger partial charge < -0.3 is 4.90 Å². The molecule has 1 aliphatic rings. The molecule has 1 fully saturated rings. The van der Waals surface area contributed by atoms with Gasteiger partial charge in [0, 0.05) is 24.2 Å². The fourth-order valence-corrected chi connectivity index (χ4v) is 3.87. The molecule has 0 amide bonds. The van der Waals surface area contributed by atoms with Crippen LogP contribution in [0.4, 0.5) is 4.39 Å². The van der Waals surface area contributed by atoms with Gasteiger partial charge in [0.25, 0.3) is 0 Å². The van der Waals surface area contributed by atoms with E-state index in [4.69, 9.17) is 11.6 Å². The molecule has 7 heteroatoms. The first-order valence-electron chi connectivity index (χ1n) is 5.95. The number of hydrogen-bond donors (Lipinski definition) is 1. The second kappa shape index (κ2) is 5.36. The molecular formula is C12H16ClFN2O2S. The lowest BCUT2D eigenvalue weighted by atomic mass is 10.1. The van der Waals surface area contributed by atoms with E-state index in [9.17, 15) is 12.8 Å². The molecule has 0 saturated carbocycles. The van der Waals surface area contributed by atoms with E-state index < -0.39 is 15.8 Å². The third kappa shape index (κ3) is 3.25. The van der Waals surface area contributed by atoms with Crippen LogP contribution in [0.2, 0.25) is 5.02 Å². The Morgan fingerprint density at radius 3 is 2.63 bits per heavy atom. The highest BCUT2D eigenvalue weighted by atomic mass is 35.5. The van der Waals surface area contributed by atoms with Crippen molar-refractivity contribution in [3.05, 3.63) is 29.0 Å². The normalized spacial score (nSPS) is 24.8. The molecule has 0 aromatic heterocycles. The molecule has 1 saturated heterocycles. The summed E-state index contributed by atoms with van der Waals surface area (Å²) in [7, 11) is -1.93. The summed E-state index contributed by atoms with van der Waals surface area (Å²) in [5.74, 6) is -0.644. The first-order valence-corrected chi connectivity index (χ1v) is 7.81. The summed E-state index contributed by atoms with van der Waals surface area (Å²) >= 11 is 5.62. The number of rotatable bonds is 3. The molecule has 1 N–H and O–H groups in total. The van der Waals surface area contributed by atoms with Crippen LogP contribution in [0.15, 0.2) is 23.1 Å². The topological polar surface area (TPSA) is 49.4 Å². The van der Waals surface area contributed by atoms with E-state index in [0.29, 0.717) is 6.54 Å². The zero-order valence-corrected chi connectivity index (χ0v) is 12.3. The van der Waals surface area contributed by atoms with Crippen molar-refractivity contribution in [3.8, 4) is 0 Å².